The fourth-order valence-electron chi connectivity index (χ4n) is 3.81. The number of nitrogens with zero attached hydrogens (tertiary/aromatic N) is 1. The molecule has 1 aromatic heterocycles. The minimum Gasteiger partial charge on any atom is -0.495 e. The molecule has 2 aromatic carbocycles. The zero-order valence-electron chi connectivity index (χ0n) is 19.0. The third-order valence-electron chi connectivity index (χ3n) is 6.42. The maximum absolute atomic E-state index is 12.8. The van der Waals surface area contributed by atoms with Crippen LogP contribution in [0.25, 0.3) is 10.9 Å². The minimum atomic E-state index is -0.487. The number of anilines is 1. The van der Waals surface area contributed by atoms with Crippen molar-refractivity contribution in [1.29, 1.82) is 0 Å². The summed E-state index contributed by atoms with van der Waals surface area (Å²) < 4.78 is 19.8. The molecule has 1 amide bonds. The van der Waals surface area contributed by atoms with E-state index in [0.717, 1.165) is 22.1 Å². The van der Waals surface area contributed by atoms with Gasteiger partial charge in [0.1, 0.15) is 5.75 Å². The Morgan fingerprint density at radius 3 is 2.39 bits per heavy atom. The Morgan fingerprint density at radius 1 is 1.06 bits per heavy atom. The number of carbonyl (C=O) groups is 1. The molecule has 1 fully saturated rings. The monoisotopic (exact) mass is 420 g/mol. The van der Waals surface area contributed by atoms with Gasteiger partial charge in [-0.2, -0.15) is 0 Å². The molecule has 7 heteroatoms. The molecular weight excluding hydrogens is 391 g/mol. The van der Waals surface area contributed by atoms with Gasteiger partial charge in [-0.05, 0) is 62.8 Å². The Kier molecular flexibility index (Phi) is 5.35. The number of nitrogens with one attached hydrogen (secondary N) is 1. The topological polar surface area (TPSA) is 61.7 Å². The summed E-state index contributed by atoms with van der Waals surface area (Å²) in [6.07, 6.45) is 0.271. The normalized spacial score (nSPS) is 17.2. The van der Waals surface area contributed by atoms with E-state index in [2.05, 4.69) is 5.32 Å². The Bertz CT molecular complexity index is 1120. The Labute approximate surface area is 183 Å². The smallest absolute Gasteiger partial charge is 0.494 e. The molecule has 3 aromatic rings. The first-order valence-electron chi connectivity index (χ1n) is 10.5. The predicted molar refractivity (Wildman–Crippen MR) is 124 cm³/mol. The fraction of sp³-hybridized carbons (Fsp3) is 0.375. The number of amides is 1. The third-order valence-corrected chi connectivity index (χ3v) is 6.42. The van der Waals surface area contributed by atoms with Crippen molar-refractivity contribution >= 4 is 35.1 Å². The second-order valence-corrected chi connectivity index (χ2v) is 9.03. The first kappa shape index (κ1) is 21.5. The lowest BCUT2D eigenvalue weighted by Crippen LogP contribution is -2.41. The Balaban J connectivity index is 1.51. The van der Waals surface area contributed by atoms with Crippen molar-refractivity contribution < 1.29 is 18.8 Å². The number of ether oxygens (including phenoxy) is 1. The minimum absolute atomic E-state index is 0.104. The van der Waals surface area contributed by atoms with E-state index in [0.29, 0.717) is 11.4 Å². The standard InChI is InChI=1S/C24H29BN2O4/c1-23(2)24(3,4)31-25(30-23)17-11-12-19(21(14-17)29-6)26-22(28)15-18-13-16-9-7-8-10-20(16)27(18)5/h7-14H,15H2,1-6H3,(H,26,28). The number of methoxy groups -OCH3 is 1. The number of fused-ring (bicyclic) bond motifs is 1. The number of aryl methyl sites for hydroxylation is 1. The number of hydrogen-bond donors (Lipinski definition) is 1. The maximum Gasteiger partial charge on any atom is 0.494 e. The molecule has 4 rings (SSSR count). The summed E-state index contributed by atoms with van der Waals surface area (Å²) in [4.78, 5) is 12.8. The van der Waals surface area contributed by atoms with Gasteiger partial charge in [0, 0.05) is 18.3 Å². The highest BCUT2D eigenvalue weighted by atomic mass is 16.7. The lowest BCUT2D eigenvalue weighted by atomic mass is 9.79. The van der Waals surface area contributed by atoms with Crippen LogP contribution in [-0.2, 0) is 27.6 Å². The highest BCUT2D eigenvalue weighted by Gasteiger charge is 2.51. The molecule has 1 aliphatic rings. The molecule has 0 saturated carbocycles. The van der Waals surface area contributed by atoms with E-state index in [-0.39, 0.29) is 12.3 Å². The molecular formula is C24H29BN2O4. The van der Waals surface area contributed by atoms with Crippen LogP contribution in [0.4, 0.5) is 5.69 Å². The molecule has 1 saturated heterocycles. The summed E-state index contributed by atoms with van der Waals surface area (Å²) in [6.45, 7) is 8.08. The second-order valence-electron chi connectivity index (χ2n) is 9.03. The molecule has 1 N–H and O–H groups in total. The van der Waals surface area contributed by atoms with Crippen LogP contribution in [0.5, 0.6) is 5.75 Å². The van der Waals surface area contributed by atoms with Crippen molar-refractivity contribution in [2.75, 3.05) is 12.4 Å². The molecule has 6 nitrogen and oxygen atoms in total. The van der Waals surface area contributed by atoms with Crippen LogP contribution in [0.3, 0.4) is 0 Å². The average Bonchev–Trinajstić information content (AvgIpc) is 3.14. The van der Waals surface area contributed by atoms with Crippen LogP contribution >= 0.6 is 0 Å². The number of rotatable bonds is 5. The molecule has 1 aliphatic heterocycles. The number of hydrogen-bond acceptors (Lipinski definition) is 4. The van der Waals surface area contributed by atoms with Crippen molar-refractivity contribution in [2.24, 2.45) is 7.05 Å². The van der Waals surface area contributed by atoms with Crippen molar-refractivity contribution in [3.8, 4) is 5.75 Å². The van der Waals surface area contributed by atoms with Crippen molar-refractivity contribution in [2.45, 2.75) is 45.3 Å². The van der Waals surface area contributed by atoms with E-state index in [1.165, 1.54) is 0 Å². The Morgan fingerprint density at radius 2 is 1.74 bits per heavy atom. The Hall–Kier alpha value is -2.77. The molecule has 162 valence electrons. The van der Waals surface area contributed by atoms with Gasteiger partial charge < -0.3 is 23.9 Å². The average molecular weight is 420 g/mol. The number of carbonyl (C=O) groups excluding carboxylic acids is 1. The van der Waals surface area contributed by atoms with Crippen molar-refractivity contribution in [1.82, 2.24) is 4.57 Å². The van der Waals surface area contributed by atoms with Crippen LogP contribution in [0, 0.1) is 0 Å². The fourth-order valence-corrected chi connectivity index (χ4v) is 3.81. The lowest BCUT2D eigenvalue weighted by molar-refractivity contribution is -0.115. The molecule has 31 heavy (non-hydrogen) atoms. The van der Waals surface area contributed by atoms with E-state index in [9.17, 15) is 4.79 Å². The summed E-state index contributed by atoms with van der Waals surface area (Å²) in [5.41, 5.74) is 2.68. The highest BCUT2D eigenvalue weighted by molar-refractivity contribution is 6.62. The van der Waals surface area contributed by atoms with Crippen molar-refractivity contribution in [3.63, 3.8) is 0 Å². The van der Waals surface area contributed by atoms with E-state index in [1.54, 1.807) is 7.11 Å². The first-order valence-corrected chi connectivity index (χ1v) is 10.5. The van der Waals surface area contributed by atoms with Gasteiger partial charge in [-0.3, -0.25) is 4.79 Å². The summed E-state index contributed by atoms with van der Waals surface area (Å²) in [6, 6.07) is 15.7. The molecule has 0 aliphatic carbocycles. The van der Waals surface area contributed by atoms with Crippen LogP contribution in [0.1, 0.15) is 33.4 Å². The number of aromatic nitrogens is 1. The van der Waals surface area contributed by atoms with Crippen LogP contribution in [0.15, 0.2) is 48.5 Å². The molecule has 0 radical (unpaired) electrons. The first-order chi connectivity index (χ1) is 14.6. The van der Waals surface area contributed by atoms with Crippen LogP contribution in [-0.4, -0.2) is 35.9 Å². The quantitative estimate of drug-likeness (QED) is 0.640. The predicted octanol–water partition coefficient (Wildman–Crippen LogP) is 3.67. The second kappa shape index (κ2) is 7.73. The zero-order chi connectivity index (χ0) is 22.4. The molecule has 2 heterocycles. The van der Waals surface area contributed by atoms with E-state index in [4.69, 9.17) is 14.0 Å². The lowest BCUT2D eigenvalue weighted by Gasteiger charge is -2.32. The van der Waals surface area contributed by atoms with Crippen LogP contribution in [0.2, 0.25) is 0 Å². The maximum atomic E-state index is 12.8. The van der Waals surface area contributed by atoms with Gasteiger partial charge in [0.15, 0.2) is 0 Å². The van der Waals surface area contributed by atoms with Gasteiger partial charge >= 0.3 is 7.12 Å². The summed E-state index contributed by atoms with van der Waals surface area (Å²) in [7, 11) is 3.08. The van der Waals surface area contributed by atoms with Gasteiger partial charge in [-0.25, -0.2) is 0 Å². The molecule has 0 unspecified atom stereocenters. The van der Waals surface area contributed by atoms with Gasteiger partial charge in [-0.1, -0.05) is 24.3 Å². The third kappa shape index (κ3) is 3.95. The van der Waals surface area contributed by atoms with Gasteiger partial charge in [0.05, 0.1) is 30.4 Å². The van der Waals surface area contributed by atoms with E-state index in [1.807, 2.05) is 87.8 Å². The van der Waals surface area contributed by atoms with Gasteiger partial charge in [-0.15, -0.1) is 0 Å². The molecule has 0 bridgehead atoms. The van der Waals surface area contributed by atoms with Gasteiger partial charge in [0.25, 0.3) is 0 Å². The van der Waals surface area contributed by atoms with Crippen LogP contribution < -0.4 is 15.5 Å². The number of para-hydroxylation sites is 1. The largest absolute Gasteiger partial charge is 0.495 e. The molecule has 0 spiro atoms. The van der Waals surface area contributed by atoms with Gasteiger partial charge in [0.2, 0.25) is 5.91 Å². The van der Waals surface area contributed by atoms with E-state index < -0.39 is 18.3 Å². The summed E-state index contributed by atoms with van der Waals surface area (Å²) >= 11 is 0. The number of benzene rings is 2. The summed E-state index contributed by atoms with van der Waals surface area (Å²) in [5, 5.41) is 4.10. The molecule has 0 atom stereocenters. The highest BCUT2D eigenvalue weighted by Crippen LogP contribution is 2.37. The SMILES string of the molecule is COc1cc(B2OC(C)(C)C(C)(C)O2)ccc1NC(=O)Cc1cc2ccccc2n1C. The zero-order valence-corrected chi connectivity index (χ0v) is 19.0. The summed E-state index contributed by atoms with van der Waals surface area (Å²) in [5.74, 6) is 0.463. The van der Waals surface area contributed by atoms with Crippen molar-refractivity contribution in [3.05, 3.63) is 54.2 Å². The van der Waals surface area contributed by atoms with E-state index >= 15 is 0 Å².